The molecular formula is C20H23ClN4O2. The summed E-state index contributed by atoms with van der Waals surface area (Å²) in [7, 11) is 0. The van der Waals surface area contributed by atoms with E-state index in [-0.39, 0.29) is 17.5 Å². The Bertz CT molecular complexity index is 848. The molecule has 2 aromatic rings. The van der Waals surface area contributed by atoms with Crippen LogP contribution >= 0.6 is 11.6 Å². The number of aryl methyl sites for hydroxylation is 1. The fraction of sp³-hybridized carbons (Fsp3) is 0.350. The molecule has 1 fully saturated rings. The maximum Gasteiger partial charge on any atom is 0.274 e. The van der Waals surface area contributed by atoms with E-state index in [1.165, 1.54) is 6.20 Å². The van der Waals surface area contributed by atoms with Crippen molar-refractivity contribution >= 4 is 29.1 Å². The van der Waals surface area contributed by atoms with Crippen LogP contribution in [0.2, 0.25) is 5.02 Å². The van der Waals surface area contributed by atoms with Gasteiger partial charge in [-0.2, -0.15) is 0 Å². The van der Waals surface area contributed by atoms with Crippen LogP contribution in [0.15, 0.2) is 36.5 Å². The van der Waals surface area contributed by atoms with E-state index in [2.05, 4.69) is 22.1 Å². The second kappa shape index (κ2) is 8.50. The van der Waals surface area contributed by atoms with E-state index in [1.54, 1.807) is 24.3 Å². The smallest absolute Gasteiger partial charge is 0.274 e. The molecule has 1 aromatic heterocycles. The average Bonchev–Trinajstić information content (AvgIpc) is 2.70. The molecule has 0 atom stereocenters. The first-order chi connectivity index (χ1) is 13.0. The lowest BCUT2D eigenvalue weighted by atomic mass is 10.1. The number of aromatic nitrogens is 1. The van der Waals surface area contributed by atoms with E-state index < -0.39 is 0 Å². The van der Waals surface area contributed by atoms with E-state index in [0.29, 0.717) is 29.4 Å². The van der Waals surface area contributed by atoms with Gasteiger partial charge in [0.25, 0.3) is 11.8 Å². The minimum Gasteiger partial charge on any atom is -0.336 e. The number of hydrogen-bond acceptors (Lipinski definition) is 4. The van der Waals surface area contributed by atoms with Crippen LogP contribution < -0.4 is 5.32 Å². The summed E-state index contributed by atoms with van der Waals surface area (Å²) in [6.07, 6.45) is 1.49. The fourth-order valence-electron chi connectivity index (χ4n) is 3.00. The number of nitrogens with one attached hydrogen (secondary N) is 1. The molecule has 0 unspecified atom stereocenters. The van der Waals surface area contributed by atoms with Gasteiger partial charge in [-0.1, -0.05) is 24.6 Å². The zero-order valence-corrected chi connectivity index (χ0v) is 16.3. The van der Waals surface area contributed by atoms with Crippen LogP contribution in [0.5, 0.6) is 0 Å². The Morgan fingerprint density at radius 1 is 1.15 bits per heavy atom. The molecule has 0 spiro atoms. The van der Waals surface area contributed by atoms with Crippen molar-refractivity contribution in [1.82, 2.24) is 14.8 Å². The van der Waals surface area contributed by atoms with Crippen LogP contribution in [-0.2, 0) is 0 Å². The number of benzene rings is 1. The van der Waals surface area contributed by atoms with Gasteiger partial charge in [0.1, 0.15) is 5.69 Å². The molecule has 1 aliphatic heterocycles. The summed E-state index contributed by atoms with van der Waals surface area (Å²) in [5.74, 6) is -0.444. The third kappa shape index (κ3) is 4.64. The maximum absolute atomic E-state index is 12.7. The molecule has 1 N–H and O–H groups in total. The monoisotopic (exact) mass is 386 g/mol. The molecular weight excluding hydrogens is 364 g/mol. The average molecular weight is 387 g/mol. The predicted molar refractivity (Wildman–Crippen MR) is 106 cm³/mol. The van der Waals surface area contributed by atoms with Gasteiger partial charge < -0.3 is 15.1 Å². The molecule has 0 saturated carbocycles. The second-order valence-electron chi connectivity index (χ2n) is 6.57. The molecule has 1 saturated heterocycles. The van der Waals surface area contributed by atoms with Crippen LogP contribution in [0.1, 0.15) is 33.3 Å². The Morgan fingerprint density at radius 2 is 1.89 bits per heavy atom. The van der Waals surface area contributed by atoms with Gasteiger partial charge in [-0.3, -0.25) is 14.6 Å². The van der Waals surface area contributed by atoms with E-state index in [9.17, 15) is 9.59 Å². The Labute approximate surface area is 164 Å². The molecule has 3 rings (SSSR count). The molecule has 2 heterocycles. The van der Waals surface area contributed by atoms with Gasteiger partial charge in [0, 0.05) is 48.6 Å². The standard InChI is InChI=1S/C20H23ClN4O2/c1-3-24-8-10-25(11-9-24)20(27)15-6-7-22-18(12-15)19(26)23-16-5-4-14(2)17(21)13-16/h4-7,12-13H,3,8-11H2,1-2H3,(H,23,26). The number of amides is 2. The van der Waals surface area contributed by atoms with Gasteiger partial charge in [0.15, 0.2) is 0 Å². The van der Waals surface area contributed by atoms with Crippen LogP contribution in [0.4, 0.5) is 5.69 Å². The third-order valence-electron chi connectivity index (χ3n) is 4.78. The van der Waals surface area contributed by atoms with Gasteiger partial charge in [-0.25, -0.2) is 0 Å². The number of rotatable bonds is 4. The van der Waals surface area contributed by atoms with Crippen molar-refractivity contribution in [2.45, 2.75) is 13.8 Å². The maximum atomic E-state index is 12.7. The van der Waals surface area contributed by atoms with Crippen LogP contribution in [0.3, 0.4) is 0 Å². The second-order valence-corrected chi connectivity index (χ2v) is 6.98. The summed E-state index contributed by atoms with van der Waals surface area (Å²) in [6.45, 7) is 8.13. The van der Waals surface area contributed by atoms with Gasteiger partial charge in [-0.05, 0) is 43.3 Å². The number of carbonyl (C=O) groups excluding carboxylic acids is 2. The largest absolute Gasteiger partial charge is 0.336 e. The highest BCUT2D eigenvalue weighted by molar-refractivity contribution is 6.31. The predicted octanol–water partition coefficient (Wildman–Crippen LogP) is 3.07. The van der Waals surface area contributed by atoms with Crippen molar-refractivity contribution in [3.63, 3.8) is 0 Å². The molecule has 1 aliphatic rings. The topological polar surface area (TPSA) is 65.5 Å². The Morgan fingerprint density at radius 3 is 2.56 bits per heavy atom. The van der Waals surface area contributed by atoms with Crippen molar-refractivity contribution in [3.05, 3.63) is 58.4 Å². The molecule has 2 amide bonds. The zero-order valence-electron chi connectivity index (χ0n) is 15.5. The first-order valence-corrected chi connectivity index (χ1v) is 9.41. The van der Waals surface area contributed by atoms with Crippen molar-refractivity contribution in [2.24, 2.45) is 0 Å². The zero-order chi connectivity index (χ0) is 19.4. The van der Waals surface area contributed by atoms with Crippen LogP contribution in [-0.4, -0.2) is 59.3 Å². The first kappa shape index (κ1) is 19.3. The normalized spacial score (nSPS) is 14.9. The summed E-state index contributed by atoms with van der Waals surface area (Å²) in [5.41, 5.74) is 2.19. The van der Waals surface area contributed by atoms with Crippen molar-refractivity contribution in [2.75, 3.05) is 38.0 Å². The van der Waals surface area contributed by atoms with E-state index in [0.717, 1.165) is 25.2 Å². The van der Waals surface area contributed by atoms with Crippen molar-refractivity contribution in [1.29, 1.82) is 0 Å². The molecule has 0 radical (unpaired) electrons. The van der Waals surface area contributed by atoms with Crippen molar-refractivity contribution < 1.29 is 9.59 Å². The summed E-state index contributed by atoms with van der Waals surface area (Å²) >= 11 is 6.10. The first-order valence-electron chi connectivity index (χ1n) is 9.03. The van der Waals surface area contributed by atoms with E-state index >= 15 is 0 Å². The van der Waals surface area contributed by atoms with Crippen LogP contribution in [0, 0.1) is 6.92 Å². The van der Waals surface area contributed by atoms with Crippen molar-refractivity contribution in [3.8, 4) is 0 Å². The minimum absolute atomic E-state index is 0.0689. The number of hydrogen-bond donors (Lipinski definition) is 1. The third-order valence-corrected chi connectivity index (χ3v) is 5.18. The molecule has 0 bridgehead atoms. The number of piperazine rings is 1. The number of anilines is 1. The highest BCUT2D eigenvalue weighted by Crippen LogP contribution is 2.20. The highest BCUT2D eigenvalue weighted by Gasteiger charge is 2.22. The fourth-order valence-corrected chi connectivity index (χ4v) is 3.18. The van der Waals surface area contributed by atoms with Gasteiger partial charge >= 0.3 is 0 Å². The SMILES string of the molecule is CCN1CCN(C(=O)c2ccnc(C(=O)Nc3ccc(C)c(Cl)c3)c2)CC1. The molecule has 1 aromatic carbocycles. The van der Waals surface area contributed by atoms with E-state index in [1.807, 2.05) is 17.9 Å². The Balaban J connectivity index is 1.70. The number of pyridine rings is 1. The Kier molecular flexibility index (Phi) is 6.08. The Hall–Kier alpha value is -2.44. The van der Waals surface area contributed by atoms with Gasteiger partial charge in [0.05, 0.1) is 0 Å². The summed E-state index contributed by atoms with van der Waals surface area (Å²) < 4.78 is 0. The number of carbonyl (C=O) groups is 2. The summed E-state index contributed by atoms with van der Waals surface area (Å²) in [5, 5.41) is 3.35. The molecule has 27 heavy (non-hydrogen) atoms. The number of nitrogens with zero attached hydrogens (tertiary/aromatic N) is 3. The molecule has 7 heteroatoms. The quantitative estimate of drug-likeness (QED) is 0.877. The molecule has 0 aliphatic carbocycles. The number of halogens is 1. The lowest BCUT2D eigenvalue weighted by Crippen LogP contribution is -2.48. The van der Waals surface area contributed by atoms with Gasteiger partial charge in [-0.15, -0.1) is 0 Å². The summed E-state index contributed by atoms with van der Waals surface area (Å²) in [6, 6.07) is 8.49. The van der Waals surface area contributed by atoms with Gasteiger partial charge in [0.2, 0.25) is 0 Å². The lowest BCUT2D eigenvalue weighted by molar-refractivity contribution is 0.0643. The van der Waals surface area contributed by atoms with Crippen LogP contribution in [0.25, 0.3) is 0 Å². The minimum atomic E-state index is -0.375. The molecule has 142 valence electrons. The van der Waals surface area contributed by atoms with E-state index in [4.69, 9.17) is 11.6 Å². The molecule has 6 nitrogen and oxygen atoms in total. The highest BCUT2D eigenvalue weighted by atomic mass is 35.5. The lowest BCUT2D eigenvalue weighted by Gasteiger charge is -2.34. The number of likely N-dealkylation sites (N-methyl/N-ethyl adjacent to an activating group) is 1. The summed E-state index contributed by atoms with van der Waals surface area (Å²) in [4.78, 5) is 33.5.